The minimum absolute atomic E-state index is 0.465. The number of hydrogen-bond acceptors (Lipinski definition) is 2. The predicted octanol–water partition coefficient (Wildman–Crippen LogP) is 2.91. The number of aliphatic hydroxyl groups is 1. The molecule has 0 radical (unpaired) electrons. The monoisotopic (exact) mass is 267 g/mol. The minimum atomic E-state index is -1.28. The molecule has 2 rings (SSSR count). The Kier molecular flexibility index (Phi) is 4.25. The van der Waals surface area contributed by atoms with Crippen molar-refractivity contribution in [2.45, 2.75) is 44.1 Å². The molecule has 1 aliphatic carbocycles. The van der Waals surface area contributed by atoms with Gasteiger partial charge in [0.25, 0.3) is 5.91 Å². The summed E-state index contributed by atoms with van der Waals surface area (Å²) >= 11 is 6.25. The number of rotatable bonds is 3. The molecular formula is C14H18ClNO2. The largest absolute Gasteiger partial charge is 0.378 e. The van der Waals surface area contributed by atoms with Crippen molar-refractivity contribution < 1.29 is 9.90 Å². The van der Waals surface area contributed by atoms with Crippen LogP contribution in [0.25, 0.3) is 0 Å². The number of amides is 1. The molecule has 0 saturated heterocycles. The highest BCUT2D eigenvalue weighted by Crippen LogP contribution is 2.37. The molecule has 0 aromatic heterocycles. The van der Waals surface area contributed by atoms with E-state index in [0.29, 0.717) is 16.5 Å². The average molecular weight is 268 g/mol. The van der Waals surface area contributed by atoms with Crippen molar-refractivity contribution in [3.8, 4) is 0 Å². The first-order chi connectivity index (χ1) is 8.59. The number of hydrogen-bond donors (Lipinski definition) is 2. The lowest BCUT2D eigenvalue weighted by Crippen LogP contribution is -2.20. The summed E-state index contributed by atoms with van der Waals surface area (Å²) in [6.45, 7) is 0. The number of aliphatic hydroxyl groups excluding tert-OH is 1. The van der Waals surface area contributed by atoms with Gasteiger partial charge < -0.3 is 10.8 Å². The second-order valence-corrected chi connectivity index (χ2v) is 5.33. The van der Waals surface area contributed by atoms with E-state index >= 15 is 0 Å². The predicted molar refractivity (Wildman–Crippen MR) is 71.4 cm³/mol. The van der Waals surface area contributed by atoms with Crippen LogP contribution in [-0.4, -0.2) is 11.0 Å². The van der Waals surface area contributed by atoms with Crippen molar-refractivity contribution in [3.05, 3.63) is 34.3 Å². The zero-order chi connectivity index (χ0) is 13.1. The summed E-state index contributed by atoms with van der Waals surface area (Å²) in [5.74, 6) is -0.248. The van der Waals surface area contributed by atoms with Crippen molar-refractivity contribution in [2.24, 2.45) is 5.73 Å². The fraction of sp³-hybridized carbons (Fsp3) is 0.500. The van der Waals surface area contributed by atoms with Crippen LogP contribution in [0.4, 0.5) is 0 Å². The normalized spacial score (nSPS) is 18.6. The third-order valence-corrected chi connectivity index (χ3v) is 3.98. The fourth-order valence-electron chi connectivity index (χ4n) is 2.62. The van der Waals surface area contributed by atoms with E-state index in [9.17, 15) is 9.90 Å². The van der Waals surface area contributed by atoms with E-state index in [1.54, 1.807) is 12.1 Å². The standard InChI is InChI=1S/C14H18ClNO2/c15-12-8-10(13(17)14(16)18)6-7-11(12)9-4-2-1-3-5-9/h6-9,13,17H,1-5H2,(H2,16,18)/t13-/m0/s1. The van der Waals surface area contributed by atoms with E-state index in [2.05, 4.69) is 0 Å². The first-order valence-corrected chi connectivity index (χ1v) is 6.74. The number of carbonyl (C=O) groups excluding carboxylic acids is 1. The fourth-order valence-corrected chi connectivity index (χ4v) is 2.97. The van der Waals surface area contributed by atoms with Gasteiger partial charge in [-0.3, -0.25) is 4.79 Å². The van der Waals surface area contributed by atoms with Gasteiger partial charge in [-0.2, -0.15) is 0 Å². The van der Waals surface area contributed by atoms with Crippen LogP contribution in [0.5, 0.6) is 0 Å². The molecule has 3 nitrogen and oxygen atoms in total. The summed E-state index contributed by atoms with van der Waals surface area (Å²) in [4.78, 5) is 10.9. The molecule has 1 atom stereocenters. The van der Waals surface area contributed by atoms with Gasteiger partial charge in [0.15, 0.2) is 6.10 Å². The Morgan fingerprint density at radius 3 is 2.56 bits per heavy atom. The van der Waals surface area contributed by atoms with E-state index < -0.39 is 12.0 Å². The Bertz CT molecular complexity index is 441. The number of halogens is 1. The molecule has 0 spiro atoms. The average Bonchev–Trinajstić information content (AvgIpc) is 2.38. The van der Waals surface area contributed by atoms with Crippen LogP contribution in [0.2, 0.25) is 5.02 Å². The second kappa shape index (κ2) is 5.72. The lowest BCUT2D eigenvalue weighted by molar-refractivity contribution is -0.126. The molecule has 1 aromatic carbocycles. The van der Waals surface area contributed by atoms with Gasteiger partial charge in [-0.25, -0.2) is 0 Å². The van der Waals surface area contributed by atoms with Gasteiger partial charge >= 0.3 is 0 Å². The molecule has 0 aliphatic heterocycles. The van der Waals surface area contributed by atoms with Crippen LogP contribution >= 0.6 is 11.6 Å². The highest BCUT2D eigenvalue weighted by Gasteiger charge is 2.20. The van der Waals surface area contributed by atoms with Gasteiger partial charge in [-0.1, -0.05) is 43.0 Å². The first-order valence-electron chi connectivity index (χ1n) is 6.36. The molecule has 1 amide bonds. The Balaban J connectivity index is 2.21. The van der Waals surface area contributed by atoms with Crippen LogP contribution in [-0.2, 0) is 4.79 Å². The van der Waals surface area contributed by atoms with Crippen LogP contribution in [0.15, 0.2) is 18.2 Å². The maximum Gasteiger partial charge on any atom is 0.250 e. The summed E-state index contributed by atoms with van der Waals surface area (Å²) in [5, 5.41) is 10.2. The van der Waals surface area contributed by atoms with Gasteiger partial charge in [-0.15, -0.1) is 0 Å². The van der Waals surface area contributed by atoms with Gasteiger partial charge in [-0.05, 0) is 36.0 Å². The summed E-state index contributed by atoms with van der Waals surface area (Å²) in [6.07, 6.45) is 4.84. The molecule has 1 saturated carbocycles. The molecule has 98 valence electrons. The zero-order valence-corrected chi connectivity index (χ0v) is 11.0. The Morgan fingerprint density at radius 1 is 1.33 bits per heavy atom. The van der Waals surface area contributed by atoms with Crippen LogP contribution in [0, 0.1) is 0 Å². The van der Waals surface area contributed by atoms with E-state index in [-0.39, 0.29) is 0 Å². The Morgan fingerprint density at radius 2 is 2.00 bits per heavy atom. The molecular weight excluding hydrogens is 250 g/mol. The number of carbonyl (C=O) groups is 1. The number of nitrogens with two attached hydrogens (primary N) is 1. The lowest BCUT2D eigenvalue weighted by Gasteiger charge is -2.23. The molecule has 0 unspecified atom stereocenters. The van der Waals surface area contributed by atoms with E-state index in [1.807, 2.05) is 6.07 Å². The quantitative estimate of drug-likeness (QED) is 0.884. The first kappa shape index (κ1) is 13.4. The lowest BCUT2D eigenvalue weighted by atomic mass is 9.83. The second-order valence-electron chi connectivity index (χ2n) is 4.92. The highest BCUT2D eigenvalue weighted by molar-refractivity contribution is 6.31. The van der Waals surface area contributed by atoms with E-state index in [0.717, 1.165) is 18.4 Å². The third-order valence-electron chi connectivity index (χ3n) is 3.65. The number of primary amides is 1. The van der Waals surface area contributed by atoms with Crippen molar-refractivity contribution in [2.75, 3.05) is 0 Å². The molecule has 1 aromatic rings. The van der Waals surface area contributed by atoms with Crippen LogP contribution < -0.4 is 5.73 Å². The molecule has 0 heterocycles. The Hall–Kier alpha value is -1.06. The van der Waals surface area contributed by atoms with Crippen molar-refractivity contribution in [3.63, 3.8) is 0 Å². The van der Waals surface area contributed by atoms with Crippen LogP contribution in [0.1, 0.15) is 55.3 Å². The molecule has 1 fully saturated rings. The topological polar surface area (TPSA) is 63.3 Å². The third kappa shape index (κ3) is 2.85. The molecule has 0 bridgehead atoms. The van der Waals surface area contributed by atoms with Crippen LogP contribution in [0.3, 0.4) is 0 Å². The van der Waals surface area contributed by atoms with Gasteiger partial charge in [0.1, 0.15) is 0 Å². The van der Waals surface area contributed by atoms with Gasteiger partial charge in [0, 0.05) is 5.02 Å². The minimum Gasteiger partial charge on any atom is -0.378 e. The maximum atomic E-state index is 10.9. The van der Waals surface area contributed by atoms with E-state index in [1.165, 1.54) is 19.3 Å². The SMILES string of the molecule is NC(=O)[C@@H](O)c1ccc(C2CCCCC2)c(Cl)c1. The summed E-state index contributed by atoms with van der Waals surface area (Å²) < 4.78 is 0. The van der Waals surface area contributed by atoms with Crippen molar-refractivity contribution >= 4 is 17.5 Å². The van der Waals surface area contributed by atoms with Crippen molar-refractivity contribution in [1.82, 2.24) is 0 Å². The summed E-state index contributed by atoms with van der Waals surface area (Å²) in [7, 11) is 0. The maximum absolute atomic E-state index is 10.9. The van der Waals surface area contributed by atoms with E-state index in [4.69, 9.17) is 17.3 Å². The molecule has 18 heavy (non-hydrogen) atoms. The van der Waals surface area contributed by atoms with Crippen molar-refractivity contribution in [1.29, 1.82) is 0 Å². The number of benzene rings is 1. The summed E-state index contributed by atoms with van der Waals surface area (Å²) in [5.41, 5.74) is 6.65. The Labute approximate surface area is 112 Å². The zero-order valence-electron chi connectivity index (χ0n) is 10.2. The smallest absolute Gasteiger partial charge is 0.250 e. The highest BCUT2D eigenvalue weighted by atomic mass is 35.5. The summed E-state index contributed by atoms with van der Waals surface area (Å²) in [6, 6.07) is 5.31. The molecule has 4 heteroatoms. The molecule has 3 N–H and O–H groups in total. The molecule has 1 aliphatic rings. The van der Waals surface area contributed by atoms with Gasteiger partial charge in [0.2, 0.25) is 0 Å². The van der Waals surface area contributed by atoms with Gasteiger partial charge in [0.05, 0.1) is 0 Å².